The zero-order valence-corrected chi connectivity index (χ0v) is 9.41. The fraction of sp³-hybridized carbons (Fsp3) is 0.400. The summed E-state index contributed by atoms with van der Waals surface area (Å²) in [6.45, 7) is 0. The van der Waals surface area contributed by atoms with Gasteiger partial charge in [0.1, 0.15) is 0 Å². The molecular formula is C10H12BrNO2. The van der Waals surface area contributed by atoms with Gasteiger partial charge in [0.2, 0.25) is 0 Å². The van der Waals surface area contributed by atoms with Crippen LogP contribution in [0.3, 0.4) is 0 Å². The van der Waals surface area contributed by atoms with Crippen LogP contribution in [0.1, 0.15) is 17.9 Å². The first-order valence-electron chi connectivity index (χ1n) is 4.45. The number of aromatic hydroxyl groups is 1. The van der Waals surface area contributed by atoms with Crippen LogP contribution in [0.25, 0.3) is 0 Å². The number of nitrogens with two attached hydrogens (primary N) is 1. The van der Waals surface area contributed by atoms with Gasteiger partial charge in [0.05, 0.1) is 11.6 Å². The molecule has 76 valence electrons. The molecule has 0 amide bonds. The molecule has 0 radical (unpaired) electrons. The minimum atomic E-state index is 0.144. The van der Waals surface area contributed by atoms with Gasteiger partial charge in [0.15, 0.2) is 11.5 Å². The highest BCUT2D eigenvalue weighted by atomic mass is 79.9. The van der Waals surface area contributed by atoms with E-state index in [1.165, 1.54) is 7.11 Å². The lowest BCUT2D eigenvalue weighted by Gasteiger charge is -2.08. The highest BCUT2D eigenvalue weighted by Crippen LogP contribution is 2.44. The molecule has 2 rings (SSSR count). The highest BCUT2D eigenvalue weighted by Gasteiger charge is 2.35. The van der Waals surface area contributed by atoms with E-state index < -0.39 is 0 Å². The van der Waals surface area contributed by atoms with Crippen molar-refractivity contribution in [3.8, 4) is 11.5 Å². The Morgan fingerprint density at radius 1 is 1.57 bits per heavy atom. The molecular weight excluding hydrogens is 246 g/mol. The minimum Gasteiger partial charge on any atom is -0.503 e. The molecule has 0 bridgehead atoms. The quantitative estimate of drug-likeness (QED) is 0.852. The van der Waals surface area contributed by atoms with Crippen LogP contribution in [0.15, 0.2) is 16.6 Å². The van der Waals surface area contributed by atoms with Gasteiger partial charge in [-0.05, 0) is 40.0 Å². The predicted octanol–water partition coefficient (Wildman–Crippen LogP) is 1.98. The topological polar surface area (TPSA) is 55.5 Å². The summed E-state index contributed by atoms with van der Waals surface area (Å²) in [6, 6.07) is 4.00. The van der Waals surface area contributed by atoms with E-state index in [-0.39, 0.29) is 11.8 Å². The summed E-state index contributed by atoms with van der Waals surface area (Å²) in [5, 5.41) is 9.59. The van der Waals surface area contributed by atoms with Gasteiger partial charge in [-0.15, -0.1) is 0 Å². The Hall–Kier alpha value is -0.740. The molecule has 0 aromatic heterocycles. The molecule has 1 fully saturated rings. The molecule has 1 aromatic carbocycles. The summed E-state index contributed by atoms with van der Waals surface area (Å²) in [4.78, 5) is 0. The van der Waals surface area contributed by atoms with Crippen molar-refractivity contribution in [1.82, 2.24) is 0 Å². The summed E-state index contributed by atoms with van der Waals surface area (Å²) < 4.78 is 5.72. The van der Waals surface area contributed by atoms with Gasteiger partial charge in [0, 0.05) is 12.0 Å². The molecule has 3 N–H and O–H groups in total. The van der Waals surface area contributed by atoms with Gasteiger partial charge in [-0.1, -0.05) is 0 Å². The van der Waals surface area contributed by atoms with E-state index >= 15 is 0 Å². The van der Waals surface area contributed by atoms with Crippen LogP contribution in [0.4, 0.5) is 0 Å². The Morgan fingerprint density at radius 3 is 2.71 bits per heavy atom. The second-order valence-electron chi connectivity index (χ2n) is 3.56. The maximum Gasteiger partial charge on any atom is 0.172 e. The average molecular weight is 258 g/mol. The van der Waals surface area contributed by atoms with Crippen molar-refractivity contribution in [1.29, 1.82) is 0 Å². The Labute approximate surface area is 91.0 Å². The van der Waals surface area contributed by atoms with E-state index in [9.17, 15) is 5.11 Å². The third-order valence-corrected chi connectivity index (χ3v) is 3.14. The van der Waals surface area contributed by atoms with Crippen LogP contribution in [0.5, 0.6) is 11.5 Å². The maximum atomic E-state index is 9.59. The van der Waals surface area contributed by atoms with Crippen molar-refractivity contribution < 1.29 is 9.84 Å². The van der Waals surface area contributed by atoms with Gasteiger partial charge in [-0.25, -0.2) is 0 Å². The highest BCUT2D eigenvalue weighted by molar-refractivity contribution is 9.10. The molecule has 0 unspecified atom stereocenters. The van der Waals surface area contributed by atoms with Crippen LogP contribution in [0.2, 0.25) is 0 Å². The standard InChI is InChI=1S/C10H12BrNO2/c1-14-9-3-5(6-4-8(6)12)2-7(11)10(9)13/h2-3,6,8,13H,4,12H2,1H3/t6-,8+/m0/s1. The van der Waals surface area contributed by atoms with E-state index in [0.717, 1.165) is 12.0 Å². The number of hydrogen-bond donors (Lipinski definition) is 2. The molecule has 1 aliphatic rings. The fourth-order valence-corrected chi connectivity index (χ4v) is 2.02. The molecule has 14 heavy (non-hydrogen) atoms. The molecule has 0 heterocycles. The van der Waals surface area contributed by atoms with E-state index in [1.54, 1.807) is 0 Å². The molecule has 0 spiro atoms. The lowest BCUT2D eigenvalue weighted by molar-refractivity contribution is 0.371. The van der Waals surface area contributed by atoms with Crippen molar-refractivity contribution in [2.45, 2.75) is 18.4 Å². The van der Waals surface area contributed by atoms with Crippen molar-refractivity contribution in [3.63, 3.8) is 0 Å². The van der Waals surface area contributed by atoms with E-state index in [4.69, 9.17) is 10.5 Å². The molecule has 1 aliphatic carbocycles. The molecule has 4 heteroatoms. The van der Waals surface area contributed by atoms with Crippen LogP contribution in [-0.4, -0.2) is 18.3 Å². The van der Waals surface area contributed by atoms with Crippen molar-refractivity contribution in [2.24, 2.45) is 5.73 Å². The molecule has 3 nitrogen and oxygen atoms in total. The number of methoxy groups -OCH3 is 1. The zero-order valence-electron chi connectivity index (χ0n) is 7.83. The van der Waals surface area contributed by atoms with Crippen LogP contribution >= 0.6 is 15.9 Å². The lowest BCUT2D eigenvalue weighted by Crippen LogP contribution is -2.01. The SMILES string of the molecule is COc1cc([C@@H]2C[C@H]2N)cc(Br)c1O. The Bertz CT molecular complexity index is 367. The van der Waals surface area contributed by atoms with Gasteiger partial charge >= 0.3 is 0 Å². The third-order valence-electron chi connectivity index (χ3n) is 2.54. The lowest BCUT2D eigenvalue weighted by atomic mass is 10.1. The summed E-state index contributed by atoms with van der Waals surface area (Å²) in [5.74, 6) is 1.06. The molecule has 1 saturated carbocycles. The average Bonchev–Trinajstić information content (AvgIpc) is 2.87. The summed E-state index contributed by atoms with van der Waals surface area (Å²) in [7, 11) is 1.54. The predicted molar refractivity (Wildman–Crippen MR) is 57.7 cm³/mol. The second kappa shape index (κ2) is 3.44. The summed E-state index contributed by atoms with van der Waals surface area (Å²) in [6.07, 6.45) is 1.01. The number of phenols is 1. The van der Waals surface area contributed by atoms with E-state index in [2.05, 4.69) is 15.9 Å². The molecule has 2 atom stereocenters. The Kier molecular flexibility index (Phi) is 2.41. The number of hydrogen-bond acceptors (Lipinski definition) is 3. The van der Waals surface area contributed by atoms with E-state index in [0.29, 0.717) is 16.1 Å². The molecule has 0 saturated heterocycles. The van der Waals surface area contributed by atoms with E-state index in [1.807, 2.05) is 12.1 Å². The van der Waals surface area contributed by atoms with Gasteiger partial charge in [-0.2, -0.15) is 0 Å². The second-order valence-corrected chi connectivity index (χ2v) is 4.41. The van der Waals surface area contributed by atoms with Crippen molar-refractivity contribution in [2.75, 3.05) is 7.11 Å². The number of benzene rings is 1. The number of halogens is 1. The Balaban J connectivity index is 2.38. The number of phenolic OH excluding ortho intramolecular Hbond substituents is 1. The number of ether oxygens (including phenoxy) is 1. The Morgan fingerprint density at radius 2 is 2.21 bits per heavy atom. The summed E-state index contributed by atoms with van der Waals surface area (Å²) >= 11 is 3.28. The van der Waals surface area contributed by atoms with Gasteiger partial charge in [-0.3, -0.25) is 0 Å². The first-order chi connectivity index (χ1) is 6.63. The van der Waals surface area contributed by atoms with Crippen LogP contribution in [-0.2, 0) is 0 Å². The normalized spacial score (nSPS) is 24.8. The maximum absolute atomic E-state index is 9.59. The van der Waals surface area contributed by atoms with Gasteiger partial charge in [0.25, 0.3) is 0 Å². The first-order valence-corrected chi connectivity index (χ1v) is 5.24. The van der Waals surface area contributed by atoms with Crippen molar-refractivity contribution in [3.05, 3.63) is 22.2 Å². The summed E-state index contributed by atoms with van der Waals surface area (Å²) in [5.41, 5.74) is 6.88. The van der Waals surface area contributed by atoms with Crippen LogP contribution in [0, 0.1) is 0 Å². The van der Waals surface area contributed by atoms with Gasteiger partial charge < -0.3 is 15.6 Å². The fourth-order valence-electron chi connectivity index (χ4n) is 1.56. The smallest absolute Gasteiger partial charge is 0.172 e. The largest absolute Gasteiger partial charge is 0.503 e. The third kappa shape index (κ3) is 1.60. The van der Waals surface area contributed by atoms with Crippen LogP contribution < -0.4 is 10.5 Å². The zero-order chi connectivity index (χ0) is 10.3. The monoisotopic (exact) mass is 257 g/mol. The van der Waals surface area contributed by atoms with Crippen molar-refractivity contribution >= 4 is 15.9 Å². The molecule has 1 aromatic rings. The first kappa shape index (κ1) is 9.80. The number of rotatable bonds is 2. The minimum absolute atomic E-state index is 0.144. The molecule has 0 aliphatic heterocycles.